The topological polar surface area (TPSA) is 105 Å². The molecule has 0 N–H and O–H groups in total. The molecule has 0 fully saturated rings. The molecule has 5 aromatic rings. The first-order valence-corrected chi connectivity index (χ1v) is 23.6. The van der Waals surface area contributed by atoms with E-state index in [-0.39, 0.29) is 25.7 Å². The van der Waals surface area contributed by atoms with Gasteiger partial charge in [0.15, 0.2) is 0 Å². The lowest BCUT2D eigenvalue weighted by Gasteiger charge is -2.31. The Labute approximate surface area is 364 Å². The fourth-order valence-electron chi connectivity index (χ4n) is 7.50. The minimum atomic E-state index is -4.22. The van der Waals surface area contributed by atoms with E-state index in [1.807, 2.05) is 93.6 Å². The molecule has 0 radical (unpaired) electrons. The van der Waals surface area contributed by atoms with Crippen LogP contribution in [0.1, 0.15) is 49.3 Å². The van der Waals surface area contributed by atoms with Gasteiger partial charge in [-0.05, 0) is 165 Å². The standard InChI is InChI=1S/C52H48O8S2/c1-35-11-15-39(16-12-35)57-40-19-24-46(25-20-40)61(53,54)48-28-29-51(60-42-17-13-36(2)14-18-42)49(34-48)50-33-45(59-44-10-6-8-38(4)32-44)23-30-52(50)62(55,56)47-26-21-41(22-27-47)58-43-9-5-7-37(3)31-43/h5-11,13-17,19-35,42,49,51H,12,18H2,1-4H3. The lowest BCUT2D eigenvalue weighted by atomic mass is 9.89. The number of hydrogen-bond donors (Lipinski definition) is 0. The largest absolute Gasteiger partial charge is 0.458 e. The van der Waals surface area contributed by atoms with Gasteiger partial charge in [-0.15, -0.1) is 0 Å². The van der Waals surface area contributed by atoms with Gasteiger partial charge in [0.05, 0.1) is 31.8 Å². The van der Waals surface area contributed by atoms with E-state index in [4.69, 9.17) is 18.9 Å². The maximum absolute atomic E-state index is 14.8. The van der Waals surface area contributed by atoms with Gasteiger partial charge < -0.3 is 18.9 Å². The Balaban J connectivity index is 1.19. The number of benzene rings is 5. The van der Waals surface area contributed by atoms with Crippen LogP contribution in [0.25, 0.3) is 0 Å². The van der Waals surface area contributed by atoms with Crippen molar-refractivity contribution in [1.82, 2.24) is 0 Å². The molecule has 0 heterocycles. The highest BCUT2D eigenvalue weighted by atomic mass is 32.2. The third kappa shape index (κ3) is 9.79. The van der Waals surface area contributed by atoms with Crippen LogP contribution in [0.4, 0.5) is 0 Å². The number of sulfone groups is 2. The first kappa shape index (κ1) is 42.5. The van der Waals surface area contributed by atoms with Crippen LogP contribution in [0, 0.1) is 19.8 Å². The Morgan fingerprint density at radius 1 is 0.548 bits per heavy atom. The van der Waals surface area contributed by atoms with E-state index in [0.29, 0.717) is 52.4 Å². The van der Waals surface area contributed by atoms with Crippen molar-refractivity contribution in [3.63, 3.8) is 0 Å². The molecule has 8 nitrogen and oxygen atoms in total. The molecule has 8 rings (SSSR count). The van der Waals surface area contributed by atoms with Crippen molar-refractivity contribution in [3.05, 3.63) is 203 Å². The smallest absolute Gasteiger partial charge is 0.206 e. The molecule has 0 saturated carbocycles. The summed E-state index contributed by atoms with van der Waals surface area (Å²) in [7, 11) is -8.32. The van der Waals surface area contributed by atoms with Crippen LogP contribution in [-0.4, -0.2) is 29.0 Å². The van der Waals surface area contributed by atoms with Crippen LogP contribution >= 0.6 is 0 Å². The van der Waals surface area contributed by atoms with E-state index in [2.05, 4.69) is 19.1 Å². The Morgan fingerprint density at radius 2 is 1.15 bits per heavy atom. The lowest BCUT2D eigenvalue weighted by Crippen LogP contribution is -2.28. The van der Waals surface area contributed by atoms with E-state index in [1.54, 1.807) is 54.6 Å². The summed E-state index contributed by atoms with van der Waals surface area (Å²) in [6, 6.07) is 32.5. The summed E-state index contributed by atoms with van der Waals surface area (Å²) >= 11 is 0. The SMILES string of the molecule is CC1=CCC(OC2C=CC(S(=O)(=O)c3ccc(OC4=CCC(C)C=C4)cc3)=CC2c2cc(Oc3cccc(C)c3)ccc2S(=O)(=O)c2ccc(Oc3cccc(C)c3)cc2)C=C1. The number of rotatable bonds is 13. The van der Waals surface area contributed by atoms with E-state index in [0.717, 1.165) is 23.1 Å². The van der Waals surface area contributed by atoms with Gasteiger partial charge in [-0.3, -0.25) is 0 Å². The summed E-state index contributed by atoms with van der Waals surface area (Å²) in [5.74, 6) is 2.81. The van der Waals surface area contributed by atoms with Crippen molar-refractivity contribution in [2.24, 2.45) is 5.92 Å². The Hall–Kier alpha value is -6.20. The summed E-state index contributed by atoms with van der Waals surface area (Å²) in [5.41, 5.74) is 3.44. The van der Waals surface area contributed by atoms with Crippen molar-refractivity contribution in [2.75, 3.05) is 0 Å². The lowest BCUT2D eigenvalue weighted by molar-refractivity contribution is 0.0334. The molecule has 0 spiro atoms. The van der Waals surface area contributed by atoms with E-state index in [1.165, 1.54) is 30.3 Å². The van der Waals surface area contributed by atoms with Gasteiger partial charge in [0.1, 0.15) is 34.5 Å². The predicted molar refractivity (Wildman–Crippen MR) is 242 cm³/mol. The van der Waals surface area contributed by atoms with Crippen molar-refractivity contribution in [1.29, 1.82) is 0 Å². The molecule has 0 saturated heterocycles. The van der Waals surface area contributed by atoms with Crippen LogP contribution in [-0.2, 0) is 24.4 Å². The third-order valence-corrected chi connectivity index (χ3v) is 14.5. The number of allylic oxidation sites excluding steroid dienone is 6. The molecule has 0 aromatic heterocycles. The van der Waals surface area contributed by atoms with Crippen molar-refractivity contribution < 1.29 is 35.8 Å². The fourth-order valence-corrected chi connectivity index (χ4v) is 10.4. The summed E-state index contributed by atoms with van der Waals surface area (Å²) in [6.45, 7) is 8.06. The molecule has 10 heteroatoms. The van der Waals surface area contributed by atoms with Gasteiger partial charge >= 0.3 is 0 Å². The Bertz CT molecular complexity index is 2880. The molecule has 4 unspecified atom stereocenters. The number of aryl methyl sites for hydroxylation is 2. The monoisotopic (exact) mass is 864 g/mol. The van der Waals surface area contributed by atoms with Crippen LogP contribution in [0.15, 0.2) is 201 Å². The molecule has 0 aliphatic heterocycles. The highest BCUT2D eigenvalue weighted by molar-refractivity contribution is 7.95. The molecule has 4 atom stereocenters. The summed E-state index contributed by atoms with van der Waals surface area (Å²) < 4.78 is 83.7. The predicted octanol–water partition coefficient (Wildman–Crippen LogP) is 12.3. The van der Waals surface area contributed by atoms with Gasteiger partial charge in [0.2, 0.25) is 19.7 Å². The molecule has 5 aromatic carbocycles. The van der Waals surface area contributed by atoms with Crippen molar-refractivity contribution >= 4 is 19.7 Å². The quantitative estimate of drug-likeness (QED) is 0.115. The maximum Gasteiger partial charge on any atom is 0.206 e. The van der Waals surface area contributed by atoms with Gasteiger partial charge in [-0.25, -0.2) is 16.8 Å². The number of hydrogen-bond acceptors (Lipinski definition) is 8. The minimum Gasteiger partial charge on any atom is -0.458 e. The zero-order valence-corrected chi connectivity index (χ0v) is 36.6. The molecule has 0 bridgehead atoms. The second-order valence-electron chi connectivity index (χ2n) is 15.9. The second kappa shape index (κ2) is 18.0. The molecule has 316 valence electrons. The molecule has 3 aliphatic carbocycles. The van der Waals surface area contributed by atoms with Gasteiger partial charge in [0, 0.05) is 5.92 Å². The molecule has 0 amide bonds. The molecular formula is C52H48O8S2. The molecule has 3 aliphatic rings. The van der Waals surface area contributed by atoms with Crippen LogP contribution in [0.2, 0.25) is 0 Å². The zero-order chi connectivity index (χ0) is 43.4. The highest BCUT2D eigenvalue weighted by Gasteiger charge is 2.35. The van der Waals surface area contributed by atoms with Crippen LogP contribution in [0.5, 0.6) is 28.7 Å². The maximum atomic E-state index is 14.8. The third-order valence-electron chi connectivity index (χ3n) is 10.9. The van der Waals surface area contributed by atoms with Crippen molar-refractivity contribution in [2.45, 2.75) is 73.3 Å². The van der Waals surface area contributed by atoms with Gasteiger partial charge in [-0.2, -0.15) is 0 Å². The molecular weight excluding hydrogens is 817 g/mol. The van der Waals surface area contributed by atoms with E-state index >= 15 is 0 Å². The average molecular weight is 865 g/mol. The summed E-state index contributed by atoms with van der Waals surface area (Å²) in [6.07, 6.45) is 17.3. The Kier molecular flexibility index (Phi) is 12.4. The van der Waals surface area contributed by atoms with E-state index in [9.17, 15) is 16.8 Å². The highest BCUT2D eigenvalue weighted by Crippen LogP contribution is 2.41. The van der Waals surface area contributed by atoms with E-state index < -0.39 is 31.7 Å². The average Bonchev–Trinajstić information content (AvgIpc) is 3.26. The second-order valence-corrected chi connectivity index (χ2v) is 19.8. The van der Waals surface area contributed by atoms with Gasteiger partial charge in [-0.1, -0.05) is 73.2 Å². The van der Waals surface area contributed by atoms with Crippen LogP contribution < -0.4 is 14.2 Å². The normalized spacial score (nSPS) is 19.9. The zero-order valence-electron chi connectivity index (χ0n) is 35.0. The minimum absolute atomic E-state index is 0.00357. The van der Waals surface area contributed by atoms with Gasteiger partial charge in [0.25, 0.3) is 0 Å². The fraction of sp³-hybridized carbons (Fsp3) is 0.192. The first-order valence-electron chi connectivity index (χ1n) is 20.6. The summed E-state index contributed by atoms with van der Waals surface area (Å²) in [4.78, 5) is 0.0911. The summed E-state index contributed by atoms with van der Waals surface area (Å²) in [5, 5.41) is 0. The van der Waals surface area contributed by atoms with Crippen molar-refractivity contribution in [3.8, 4) is 28.7 Å². The number of ether oxygens (including phenoxy) is 4. The molecule has 62 heavy (non-hydrogen) atoms. The Morgan fingerprint density at radius 3 is 1.74 bits per heavy atom. The first-order chi connectivity index (χ1) is 29.8. The van der Waals surface area contributed by atoms with Crippen LogP contribution in [0.3, 0.4) is 0 Å².